The van der Waals surface area contributed by atoms with Gasteiger partial charge in [-0.1, -0.05) is 68.9 Å². The number of nitrogens with two attached hydrogens (primary N) is 1. The van der Waals surface area contributed by atoms with E-state index in [4.69, 9.17) is 10.5 Å². The first kappa shape index (κ1) is 22.8. The van der Waals surface area contributed by atoms with Gasteiger partial charge >= 0.3 is 0 Å². The van der Waals surface area contributed by atoms with E-state index in [0.29, 0.717) is 12.0 Å². The van der Waals surface area contributed by atoms with Gasteiger partial charge in [0.05, 0.1) is 0 Å². The smallest absolute Gasteiger partial charge is 0.0462 e. The number of unbranched alkanes of at least 4 members (excludes halogenated alkanes) is 1. The Morgan fingerprint density at radius 1 is 1.03 bits per heavy atom. The maximum Gasteiger partial charge on any atom is 0.0462 e. The second-order valence-corrected chi connectivity index (χ2v) is 9.53. The highest BCUT2D eigenvalue weighted by Gasteiger charge is 2.32. The summed E-state index contributed by atoms with van der Waals surface area (Å²) in [6.07, 6.45) is 14.9. The van der Waals surface area contributed by atoms with Gasteiger partial charge in [0.1, 0.15) is 0 Å². The summed E-state index contributed by atoms with van der Waals surface area (Å²) in [7, 11) is 1.81. The number of piperidine rings is 1. The van der Waals surface area contributed by atoms with Gasteiger partial charge in [0.2, 0.25) is 0 Å². The van der Waals surface area contributed by atoms with Crippen molar-refractivity contribution in [2.24, 2.45) is 17.6 Å². The van der Waals surface area contributed by atoms with E-state index < -0.39 is 0 Å². The van der Waals surface area contributed by atoms with Crippen molar-refractivity contribution in [2.45, 2.75) is 82.6 Å². The van der Waals surface area contributed by atoms with E-state index in [2.05, 4.69) is 35.2 Å². The maximum atomic E-state index is 6.31. The number of methoxy groups -OCH3 is 1. The second-order valence-electron chi connectivity index (χ2n) is 9.53. The van der Waals surface area contributed by atoms with Gasteiger partial charge in [0.25, 0.3) is 0 Å². The molecule has 3 heteroatoms. The fourth-order valence-electron chi connectivity index (χ4n) is 5.89. The zero-order valence-corrected chi connectivity index (χ0v) is 18.7. The Morgan fingerprint density at radius 2 is 1.83 bits per heavy atom. The van der Waals surface area contributed by atoms with Crippen LogP contribution in [0.5, 0.6) is 0 Å². The molecule has 3 atom stereocenters. The van der Waals surface area contributed by atoms with Gasteiger partial charge in [-0.25, -0.2) is 0 Å². The predicted molar refractivity (Wildman–Crippen MR) is 123 cm³/mol. The largest absolute Gasteiger partial charge is 0.385 e. The first-order valence-electron chi connectivity index (χ1n) is 12.3. The first-order chi connectivity index (χ1) is 14.3. The Hall–Kier alpha value is -0.900. The SMILES string of the molecule is COCCCCC(c1ccccc1)C1CCCN(C(CN)CC2CCCCC2)C1. The normalized spacial score (nSPS) is 23.7. The molecule has 3 rings (SSSR count). The van der Waals surface area contributed by atoms with Gasteiger partial charge < -0.3 is 10.5 Å². The summed E-state index contributed by atoms with van der Waals surface area (Å²) in [6, 6.07) is 11.9. The zero-order chi connectivity index (χ0) is 20.3. The number of nitrogens with zero attached hydrogens (tertiary/aromatic N) is 1. The third-order valence-corrected chi connectivity index (χ3v) is 7.52. The van der Waals surface area contributed by atoms with E-state index in [1.54, 1.807) is 0 Å². The van der Waals surface area contributed by atoms with Crippen molar-refractivity contribution in [3.05, 3.63) is 35.9 Å². The van der Waals surface area contributed by atoms with Crippen LogP contribution in [0.1, 0.15) is 82.1 Å². The Kier molecular flexibility index (Phi) is 9.99. The van der Waals surface area contributed by atoms with E-state index in [-0.39, 0.29) is 0 Å². The average molecular weight is 401 g/mol. The molecule has 164 valence electrons. The molecule has 1 saturated heterocycles. The molecule has 0 aromatic heterocycles. The summed E-state index contributed by atoms with van der Waals surface area (Å²) < 4.78 is 5.29. The maximum absolute atomic E-state index is 6.31. The van der Waals surface area contributed by atoms with Crippen LogP contribution in [-0.2, 0) is 4.74 Å². The lowest BCUT2D eigenvalue weighted by Gasteiger charge is -2.42. The molecule has 0 radical (unpaired) electrons. The Bertz CT molecular complexity index is 543. The summed E-state index contributed by atoms with van der Waals surface area (Å²) in [4.78, 5) is 2.77. The highest BCUT2D eigenvalue weighted by atomic mass is 16.5. The zero-order valence-electron chi connectivity index (χ0n) is 18.7. The van der Waals surface area contributed by atoms with Crippen molar-refractivity contribution in [1.82, 2.24) is 4.90 Å². The van der Waals surface area contributed by atoms with Crippen LogP contribution in [0.25, 0.3) is 0 Å². The van der Waals surface area contributed by atoms with E-state index in [1.807, 2.05) is 7.11 Å². The number of rotatable bonds is 11. The summed E-state index contributed by atoms with van der Waals surface area (Å²) in [5, 5.41) is 0. The van der Waals surface area contributed by atoms with Crippen molar-refractivity contribution < 1.29 is 4.74 Å². The van der Waals surface area contributed by atoms with Crippen molar-refractivity contribution in [3.8, 4) is 0 Å². The van der Waals surface area contributed by atoms with Crippen LogP contribution >= 0.6 is 0 Å². The molecular weight excluding hydrogens is 356 g/mol. The summed E-state index contributed by atoms with van der Waals surface area (Å²) in [5.74, 6) is 2.34. The molecule has 2 N–H and O–H groups in total. The van der Waals surface area contributed by atoms with Gasteiger partial charge in [-0.2, -0.15) is 0 Å². The third kappa shape index (κ3) is 7.08. The van der Waals surface area contributed by atoms with Gasteiger partial charge in [-0.05, 0) is 62.0 Å². The minimum Gasteiger partial charge on any atom is -0.385 e. The highest BCUT2D eigenvalue weighted by molar-refractivity contribution is 5.20. The van der Waals surface area contributed by atoms with Crippen molar-refractivity contribution >= 4 is 0 Å². The lowest BCUT2D eigenvalue weighted by atomic mass is 9.77. The van der Waals surface area contributed by atoms with Crippen LogP contribution in [0.15, 0.2) is 30.3 Å². The topological polar surface area (TPSA) is 38.5 Å². The molecule has 2 aliphatic rings. The molecular formula is C26H44N2O. The third-order valence-electron chi connectivity index (χ3n) is 7.52. The Morgan fingerprint density at radius 3 is 2.55 bits per heavy atom. The Labute approximate surface area is 179 Å². The van der Waals surface area contributed by atoms with Crippen LogP contribution < -0.4 is 5.73 Å². The summed E-state index contributed by atoms with van der Waals surface area (Å²) >= 11 is 0. The minimum absolute atomic E-state index is 0.589. The fourth-order valence-corrected chi connectivity index (χ4v) is 5.89. The predicted octanol–water partition coefficient (Wildman–Crippen LogP) is 5.60. The molecule has 3 unspecified atom stereocenters. The van der Waals surface area contributed by atoms with Gasteiger partial charge in [0, 0.05) is 32.8 Å². The number of ether oxygens (including phenoxy) is 1. The average Bonchev–Trinajstić information content (AvgIpc) is 2.79. The minimum atomic E-state index is 0.589. The molecule has 0 bridgehead atoms. The molecule has 29 heavy (non-hydrogen) atoms. The first-order valence-corrected chi connectivity index (χ1v) is 12.3. The van der Waals surface area contributed by atoms with Gasteiger partial charge in [0.15, 0.2) is 0 Å². The fraction of sp³-hybridized carbons (Fsp3) is 0.769. The number of hydrogen-bond donors (Lipinski definition) is 1. The summed E-state index contributed by atoms with van der Waals surface area (Å²) in [5.41, 5.74) is 7.85. The lowest BCUT2D eigenvalue weighted by Crippen LogP contribution is -2.48. The van der Waals surface area contributed by atoms with Gasteiger partial charge in [-0.3, -0.25) is 4.90 Å². The van der Waals surface area contributed by atoms with Crippen molar-refractivity contribution in [2.75, 3.05) is 33.4 Å². The standard InChI is InChI=1S/C26H44N2O/c1-29-18-9-8-16-26(23-13-6-3-7-14-23)24-15-10-17-28(21-24)25(20-27)19-22-11-4-2-5-12-22/h3,6-7,13-14,22,24-26H,2,4-5,8-12,15-21,27H2,1H3. The van der Waals surface area contributed by atoms with E-state index in [9.17, 15) is 0 Å². The molecule has 1 aliphatic heterocycles. The van der Waals surface area contributed by atoms with E-state index in [1.165, 1.54) is 89.3 Å². The number of hydrogen-bond acceptors (Lipinski definition) is 3. The quantitative estimate of drug-likeness (QED) is 0.492. The Balaban J connectivity index is 1.62. The number of benzene rings is 1. The van der Waals surface area contributed by atoms with Crippen LogP contribution in [0, 0.1) is 11.8 Å². The molecule has 1 saturated carbocycles. The summed E-state index contributed by atoms with van der Waals surface area (Å²) in [6.45, 7) is 4.19. The van der Waals surface area contributed by atoms with Crippen LogP contribution in [0.3, 0.4) is 0 Å². The molecule has 0 spiro atoms. The van der Waals surface area contributed by atoms with Crippen LogP contribution in [0.4, 0.5) is 0 Å². The second kappa shape index (κ2) is 12.7. The molecule has 1 aliphatic carbocycles. The van der Waals surface area contributed by atoms with E-state index in [0.717, 1.165) is 25.0 Å². The highest BCUT2D eigenvalue weighted by Crippen LogP contribution is 2.37. The van der Waals surface area contributed by atoms with E-state index >= 15 is 0 Å². The van der Waals surface area contributed by atoms with Gasteiger partial charge in [-0.15, -0.1) is 0 Å². The van der Waals surface area contributed by atoms with Crippen LogP contribution in [-0.4, -0.2) is 44.3 Å². The molecule has 3 nitrogen and oxygen atoms in total. The molecule has 1 heterocycles. The molecule has 1 aromatic carbocycles. The molecule has 0 amide bonds. The van der Waals surface area contributed by atoms with Crippen molar-refractivity contribution in [3.63, 3.8) is 0 Å². The number of likely N-dealkylation sites (tertiary alicyclic amines) is 1. The molecule has 2 fully saturated rings. The lowest BCUT2D eigenvalue weighted by molar-refractivity contribution is 0.0916. The molecule has 1 aromatic rings. The van der Waals surface area contributed by atoms with Crippen molar-refractivity contribution in [1.29, 1.82) is 0 Å². The monoisotopic (exact) mass is 400 g/mol. The van der Waals surface area contributed by atoms with Crippen LogP contribution in [0.2, 0.25) is 0 Å².